The molecule has 0 bridgehead atoms. The summed E-state index contributed by atoms with van der Waals surface area (Å²) in [5, 5.41) is 3.76. The molecule has 8 heteroatoms. The van der Waals surface area contributed by atoms with Crippen molar-refractivity contribution in [3.05, 3.63) is 151 Å². The average Bonchev–Trinajstić information content (AvgIpc) is 3.79. The minimum atomic E-state index is -2.51. The molecule has 0 fully saturated rings. The molecule has 0 aliphatic rings. The largest absolute Gasteiger partial charge is 0.501 e. The van der Waals surface area contributed by atoms with Gasteiger partial charge in [-0.15, -0.1) is 29.8 Å². The fourth-order valence-electron chi connectivity index (χ4n) is 6.49. The standard InChI is InChI=1S/C28H27N4O.C17H10NO.Ir/c1-17(2)12-19-14-23(31-15-18(19)3)20-13-22-25-24(33-27(22)32-16-20)8-11-30-26(25)28(4,5)21-6-9-29-10-7-21;1-2-10-16-12(6-1)13-7-5-8-14(17(13)19-16)15-9-3-4-11-18-15;/h6-11,13-15,17H,12H2,1-5H3;1-7,9-11H;/q2*-1;/i3D3,12D2;;. The van der Waals surface area contributed by atoms with Crippen molar-refractivity contribution in [1.29, 1.82) is 0 Å². The van der Waals surface area contributed by atoms with Gasteiger partial charge in [-0.05, 0) is 83.6 Å². The van der Waals surface area contributed by atoms with E-state index in [2.05, 4.69) is 52.1 Å². The summed E-state index contributed by atoms with van der Waals surface area (Å²) in [6.45, 7) is 5.11. The van der Waals surface area contributed by atoms with Crippen LogP contribution in [0.3, 0.4) is 0 Å². The second-order valence-electron chi connectivity index (χ2n) is 13.3. The van der Waals surface area contributed by atoms with Crippen LogP contribution in [0.2, 0.25) is 0 Å². The van der Waals surface area contributed by atoms with Gasteiger partial charge >= 0.3 is 0 Å². The summed E-state index contributed by atoms with van der Waals surface area (Å²) >= 11 is 0. The van der Waals surface area contributed by atoms with Gasteiger partial charge in [-0.2, -0.15) is 0 Å². The molecule has 0 saturated carbocycles. The molecule has 53 heavy (non-hydrogen) atoms. The van der Waals surface area contributed by atoms with Gasteiger partial charge in [0.15, 0.2) is 0 Å². The van der Waals surface area contributed by atoms with E-state index in [1.165, 1.54) is 12.3 Å². The van der Waals surface area contributed by atoms with E-state index in [-0.39, 0.29) is 31.2 Å². The summed E-state index contributed by atoms with van der Waals surface area (Å²) in [7, 11) is 0. The van der Waals surface area contributed by atoms with Crippen molar-refractivity contribution in [2.45, 2.75) is 46.3 Å². The third-order valence-electron chi connectivity index (χ3n) is 9.06. The molecule has 1 radical (unpaired) electrons. The number of aryl methyl sites for hydroxylation is 1. The SMILES string of the molecule is [2H]C([2H])([2H])c1cnc(-c2[c-]nc3oc4ccnc(C(C)(C)c5ccncc5)c4c3c2)cc1C([2H])([2H])C(C)C.[Ir].[c-]1ccc2c(oc3ccccc32)c1-c1ccccn1. The van der Waals surface area contributed by atoms with E-state index in [1.54, 1.807) is 44.7 Å². The molecule has 7 heterocycles. The van der Waals surface area contributed by atoms with Gasteiger partial charge in [0.25, 0.3) is 0 Å². The molecule has 0 aliphatic carbocycles. The number of hydrogen-bond acceptors (Lipinski definition) is 7. The van der Waals surface area contributed by atoms with Gasteiger partial charge in [0, 0.05) is 74.1 Å². The summed E-state index contributed by atoms with van der Waals surface area (Å²) in [5.74, 6) is -0.453. The van der Waals surface area contributed by atoms with E-state index >= 15 is 0 Å². The van der Waals surface area contributed by atoms with Crippen LogP contribution in [0.4, 0.5) is 0 Å². The third kappa shape index (κ3) is 6.88. The number of pyridine rings is 5. The minimum absolute atomic E-state index is 0. The Morgan fingerprint density at radius 1 is 0.811 bits per heavy atom. The first-order valence-electron chi connectivity index (χ1n) is 19.5. The number of rotatable bonds is 6. The monoisotopic (exact) mass is 877 g/mol. The molecule has 0 unspecified atom stereocenters. The second-order valence-corrected chi connectivity index (χ2v) is 13.3. The van der Waals surface area contributed by atoms with Crippen molar-refractivity contribution in [3.63, 3.8) is 0 Å². The Hall–Kier alpha value is -5.56. The molecule has 0 aliphatic heterocycles. The summed E-state index contributed by atoms with van der Waals surface area (Å²) in [6, 6.07) is 30.2. The summed E-state index contributed by atoms with van der Waals surface area (Å²) in [5.41, 5.74) is 6.79. The number of nitrogens with zero attached hydrogens (tertiary/aromatic N) is 5. The van der Waals surface area contributed by atoms with Crippen LogP contribution < -0.4 is 0 Å². The summed E-state index contributed by atoms with van der Waals surface area (Å²) < 4.78 is 53.0. The maximum atomic E-state index is 8.63. The van der Waals surface area contributed by atoms with Crippen LogP contribution in [0.25, 0.3) is 66.5 Å². The van der Waals surface area contributed by atoms with E-state index < -0.39 is 24.6 Å². The first kappa shape index (κ1) is 30.0. The minimum Gasteiger partial charge on any atom is -0.501 e. The number of aromatic nitrogens is 5. The Morgan fingerprint density at radius 2 is 1.64 bits per heavy atom. The molecule has 0 spiro atoms. The van der Waals surface area contributed by atoms with Gasteiger partial charge in [-0.1, -0.05) is 80.6 Å². The Labute approximate surface area is 329 Å². The molecule has 7 nitrogen and oxygen atoms in total. The topological polar surface area (TPSA) is 90.7 Å². The number of fused-ring (bicyclic) bond motifs is 6. The summed E-state index contributed by atoms with van der Waals surface area (Å²) in [4.78, 5) is 22.1. The van der Waals surface area contributed by atoms with Crippen LogP contribution in [0.5, 0.6) is 0 Å². The van der Waals surface area contributed by atoms with Gasteiger partial charge in [-0.25, -0.2) is 0 Å². The normalized spacial score (nSPS) is 13.5. The molecule has 9 rings (SSSR count). The van der Waals surface area contributed by atoms with E-state index in [1.807, 2.05) is 66.7 Å². The van der Waals surface area contributed by atoms with Crippen molar-refractivity contribution in [2.75, 3.05) is 0 Å². The van der Waals surface area contributed by atoms with Gasteiger partial charge in [0.2, 0.25) is 0 Å². The van der Waals surface area contributed by atoms with Gasteiger partial charge in [0.05, 0.1) is 11.3 Å². The average molecular weight is 877 g/mol. The molecule has 2 aromatic carbocycles. The van der Waals surface area contributed by atoms with E-state index in [9.17, 15) is 0 Å². The van der Waals surface area contributed by atoms with Crippen LogP contribution in [0, 0.1) is 25.0 Å². The molecule has 0 atom stereocenters. The number of benzene rings is 2. The zero-order valence-electron chi connectivity index (χ0n) is 34.4. The molecular formula is C45H37IrN5O2-2. The fraction of sp³-hybridized carbons (Fsp3) is 0.178. The zero-order chi connectivity index (χ0) is 40.1. The Kier molecular flexibility index (Phi) is 8.38. The van der Waals surface area contributed by atoms with Crippen LogP contribution >= 0.6 is 0 Å². The van der Waals surface area contributed by atoms with Crippen LogP contribution in [-0.4, -0.2) is 24.9 Å². The van der Waals surface area contributed by atoms with Gasteiger partial charge < -0.3 is 23.8 Å². The fourth-order valence-corrected chi connectivity index (χ4v) is 6.49. The predicted octanol–water partition coefficient (Wildman–Crippen LogP) is 10.9. The molecule has 9 aromatic rings. The van der Waals surface area contributed by atoms with E-state index in [0.29, 0.717) is 27.9 Å². The Balaban J connectivity index is 0.000000213. The first-order valence-corrected chi connectivity index (χ1v) is 17.0. The van der Waals surface area contributed by atoms with Crippen LogP contribution in [0.1, 0.15) is 56.9 Å². The maximum absolute atomic E-state index is 8.63. The second kappa shape index (κ2) is 14.8. The number of furan rings is 2. The van der Waals surface area contributed by atoms with Crippen LogP contribution in [0.15, 0.2) is 125 Å². The van der Waals surface area contributed by atoms with Gasteiger partial charge in [-0.3, -0.25) is 9.97 Å². The van der Waals surface area contributed by atoms with Crippen LogP contribution in [-0.2, 0) is 31.9 Å². The predicted molar refractivity (Wildman–Crippen MR) is 207 cm³/mol. The molecular weight excluding hydrogens is 835 g/mol. The molecule has 265 valence electrons. The van der Waals surface area contributed by atoms with Crippen molar-refractivity contribution >= 4 is 44.0 Å². The summed E-state index contributed by atoms with van der Waals surface area (Å²) in [6.07, 6.45) is 9.30. The van der Waals surface area contributed by atoms with E-state index in [0.717, 1.165) is 49.8 Å². The first-order chi connectivity index (χ1) is 27.2. The van der Waals surface area contributed by atoms with Crippen molar-refractivity contribution in [1.82, 2.24) is 24.9 Å². The smallest absolute Gasteiger partial charge is 0.141 e. The Bertz CT molecular complexity index is 2890. The van der Waals surface area contributed by atoms with E-state index in [4.69, 9.17) is 20.7 Å². The van der Waals surface area contributed by atoms with Gasteiger partial charge in [0.1, 0.15) is 16.9 Å². The zero-order valence-corrected chi connectivity index (χ0v) is 31.8. The Morgan fingerprint density at radius 3 is 2.43 bits per heavy atom. The number of para-hydroxylation sites is 1. The van der Waals surface area contributed by atoms with Crippen molar-refractivity contribution in [2.24, 2.45) is 5.92 Å². The molecule has 0 amide bonds. The molecule has 0 N–H and O–H groups in total. The number of hydrogen-bond donors (Lipinski definition) is 0. The molecule has 7 aromatic heterocycles. The van der Waals surface area contributed by atoms with Crippen molar-refractivity contribution < 1.29 is 35.8 Å². The van der Waals surface area contributed by atoms with Crippen molar-refractivity contribution in [3.8, 4) is 22.5 Å². The molecule has 0 saturated heterocycles. The third-order valence-corrected chi connectivity index (χ3v) is 9.06. The maximum Gasteiger partial charge on any atom is 0.141 e. The quantitative estimate of drug-likeness (QED) is 0.154.